The van der Waals surface area contributed by atoms with Crippen LogP contribution in [0.15, 0.2) is 65.7 Å². The molecule has 1 amide bonds. The van der Waals surface area contributed by atoms with Crippen LogP contribution < -0.4 is 4.90 Å². The monoisotopic (exact) mass is 417 g/mol. The van der Waals surface area contributed by atoms with Gasteiger partial charge in [-0.05, 0) is 48.0 Å². The number of carbonyl (C=O) groups is 1. The first-order valence-corrected chi connectivity index (χ1v) is 11.4. The number of pyridine rings is 1. The molecular weight excluding hydrogens is 398 g/mol. The fraction of sp³-hybridized carbons (Fsp3) is 0.130. The lowest BCUT2D eigenvalue weighted by molar-refractivity contribution is 0.0875. The molecule has 0 fully saturated rings. The number of amides is 1. The van der Waals surface area contributed by atoms with Gasteiger partial charge in [0.2, 0.25) is 0 Å². The predicted molar refractivity (Wildman–Crippen MR) is 116 cm³/mol. The van der Waals surface area contributed by atoms with Gasteiger partial charge in [-0.15, -0.1) is 0 Å². The van der Waals surface area contributed by atoms with E-state index < -0.39 is 9.84 Å². The van der Waals surface area contributed by atoms with E-state index in [0.29, 0.717) is 12.1 Å². The van der Waals surface area contributed by atoms with Crippen LogP contribution in [0.1, 0.15) is 27.0 Å². The number of nitrogens with zero attached hydrogens (tertiary/aromatic N) is 3. The summed E-state index contributed by atoms with van der Waals surface area (Å²) in [4.78, 5) is 21.4. The summed E-state index contributed by atoms with van der Waals surface area (Å²) in [6.07, 6.45) is 4.95. The van der Waals surface area contributed by atoms with Crippen LogP contribution in [0, 0.1) is 0 Å². The van der Waals surface area contributed by atoms with Crippen molar-refractivity contribution in [3.05, 3.63) is 83.0 Å². The van der Waals surface area contributed by atoms with E-state index in [1.807, 2.05) is 48.5 Å². The zero-order valence-corrected chi connectivity index (χ0v) is 17.3. The highest BCUT2D eigenvalue weighted by Crippen LogP contribution is 2.45. The van der Waals surface area contributed by atoms with Gasteiger partial charge in [0.1, 0.15) is 5.82 Å². The molecule has 2 aliphatic heterocycles. The molecule has 0 spiro atoms. The second-order valence-electron chi connectivity index (χ2n) is 7.51. The Morgan fingerprint density at radius 2 is 1.77 bits per heavy atom. The molecule has 30 heavy (non-hydrogen) atoms. The van der Waals surface area contributed by atoms with Crippen molar-refractivity contribution in [1.82, 2.24) is 9.88 Å². The fourth-order valence-electron chi connectivity index (χ4n) is 4.03. The predicted octanol–water partition coefficient (Wildman–Crippen LogP) is 3.72. The summed E-state index contributed by atoms with van der Waals surface area (Å²) in [5.74, 6) is 0.767. The second-order valence-corrected chi connectivity index (χ2v) is 9.53. The van der Waals surface area contributed by atoms with Crippen molar-refractivity contribution in [3.8, 4) is 0 Å². The van der Waals surface area contributed by atoms with Crippen LogP contribution in [0.5, 0.6) is 0 Å². The van der Waals surface area contributed by atoms with Gasteiger partial charge in [0, 0.05) is 37.2 Å². The number of rotatable bonds is 3. The Bertz CT molecular complexity index is 1330. The summed E-state index contributed by atoms with van der Waals surface area (Å²) < 4.78 is 23.6. The first-order chi connectivity index (χ1) is 14.3. The van der Waals surface area contributed by atoms with E-state index in [1.54, 1.807) is 30.3 Å². The van der Waals surface area contributed by atoms with Crippen molar-refractivity contribution in [2.45, 2.75) is 11.4 Å². The van der Waals surface area contributed by atoms with E-state index in [9.17, 15) is 13.2 Å². The van der Waals surface area contributed by atoms with Crippen LogP contribution in [-0.4, -0.2) is 37.5 Å². The van der Waals surface area contributed by atoms with E-state index in [2.05, 4.69) is 9.88 Å². The van der Waals surface area contributed by atoms with Crippen molar-refractivity contribution in [2.75, 3.05) is 18.2 Å². The van der Waals surface area contributed by atoms with Gasteiger partial charge in [-0.3, -0.25) is 4.79 Å². The van der Waals surface area contributed by atoms with Gasteiger partial charge in [-0.25, -0.2) is 13.4 Å². The molecule has 7 heteroatoms. The Morgan fingerprint density at radius 1 is 1.00 bits per heavy atom. The van der Waals surface area contributed by atoms with Gasteiger partial charge in [0.05, 0.1) is 21.8 Å². The topological polar surface area (TPSA) is 70.6 Å². The van der Waals surface area contributed by atoms with Crippen LogP contribution in [0.4, 0.5) is 11.5 Å². The third-order valence-corrected chi connectivity index (χ3v) is 6.67. The number of carbonyl (C=O) groups excluding carboxylic acids is 1. The minimum absolute atomic E-state index is 0.0251. The van der Waals surface area contributed by atoms with Crippen LogP contribution in [0.2, 0.25) is 0 Å². The summed E-state index contributed by atoms with van der Waals surface area (Å²) >= 11 is 0. The molecule has 0 aliphatic carbocycles. The van der Waals surface area contributed by atoms with Crippen molar-refractivity contribution < 1.29 is 13.2 Å². The van der Waals surface area contributed by atoms with Crippen molar-refractivity contribution >= 4 is 39.0 Å². The Labute approximate surface area is 175 Å². The molecule has 0 saturated carbocycles. The number of aromatic nitrogens is 1. The molecule has 150 valence electrons. The van der Waals surface area contributed by atoms with Gasteiger partial charge in [-0.2, -0.15) is 0 Å². The maximum absolute atomic E-state index is 12.8. The average Bonchev–Trinajstić information content (AvgIpc) is 2.89. The zero-order chi connectivity index (χ0) is 21.0. The third-order valence-electron chi connectivity index (χ3n) is 5.54. The molecule has 0 atom stereocenters. The second kappa shape index (κ2) is 6.53. The molecule has 0 bridgehead atoms. The van der Waals surface area contributed by atoms with Crippen molar-refractivity contribution in [2.24, 2.45) is 0 Å². The molecule has 0 unspecified atom stereocenters. The fourth-order valence-corrected chi connectivity index (χ4v) is 4.66. The number of anilines is 2. The molecule has 2 aliphatic rings. The van der Waals surface area contributed by atoms with E-state index in [4.69, 9.17) is 0 Å². The van der Waals surface area contributed by atoms with Crippen LogP contribution >= 0.6 is 0 Å². The smallest absolute Gasteiger partial charge is 0.258 e. The van der Waals surface area contributed by atoms with E-state index in [-0.39, 0.29) is 10.8 Å². The Balaban J connectivity index is 1.67. The van der Waals surface area contributed by atoms with E-state index in [1.165, 1.54) is 6.26 Å². The number of benzene rings is 2. The average molecular weight is 417 g/mol. The van der Waals surface area contributed by atoms with Crippen LogP contribution in [-0.2, 0) is 16.4 Å². The maximum Gasteiger partial charge on any atom is 0.258 e. The lowest BCUT2D eigenvalue weighted by Gasteiger charge is -2.26. The van der Waals surface area contributed by atoms with Crippen molar-refractivity contribution in [3.63, 3.8) is 0 Å². The summed E-state index contributed by atoms with van der Waals surface area (Å²) in [6.45, 7) is 0.490. The highest BCUT2D eigenvalue weighted by Gasteiger charge is 2.35. The number of hydrogen-bond donors (Lipinski definition) is 0. The Hall–Kier alpha value is -3.45. The molecular formula is C23H19N3O3S. The highest BCUT2D eigenvalue weighted by molar-refractivity contribution is 7.90. The molecule has 2 aromatic carbocycles. The maximum atomic E-state index is 12.8. The van der Waals surface area contributed by atoms with Gasteiger partial charge >= 0.3 is 0 Å². The third kappa shape index (κ3) is 2.81. The molecule has 0 N–H and O–H groups in total. The Morgan fingerprint density at radius 3 is 2.50 bits per heavy atom. The van der Waals surface area contributed by atoms with Gasteiger partial charge < -0.3 is 9.80 Å². The van der Waals surface area contributed by atoms with E-state index >= 15 is 0 Å². The first kappa shape index (κ1) is 18.6. The summed E-state index contributed by atoms with van der Waals surface area (Å²) in [7, 11) is -1.46. The zero-order valence-electron chi connectivity index (χ0n) is 16.5. The summed E-state index contributed by atoms with van der Waals surface area (Å²) in [6, 6.07) is 16.5. The molecule has 0 saturated heterocycles. The quantitative estimate of drug-likeness (QED) is 0.650. The van der Waals surface area contributed by atoms with Gasteiger partial charge in [0.25, 0.3) is 5.91 Å². The summed E-state index contributed by atoms with van der Waals surface area (Å²) in [5, 5.41) is 0. The molecule has 0 radical (unpaired) electrons. The highest BCUT2D eigenvalue weighted by atomic mass is 32.2. The number of hydrogen-bond acceptors (Lipinski definition) is 5. The standard InChI is InChI=1S/C23H19N3O3S/c1-25-20-13-16-5-4-12-24-22(16)26(19-7-3-6-18(21(19)20)23(25)27)14-15-8-10-17(11-9-15)30(2,28)29/h3-13H,14H2,1-2H3. The van der Waals surface area contributed by atoms with E-state index in [0.717, 1.165) is 33.9 Å². The van der Waals surface area contributed by atoms with Crippen molar-refractivity contribution in [1.29, 1.82) is 0 Å². The summed E-state index contributed by atoms with van der Waals surface area (Å²) in [5.41, 5.74) is 5.19. The molecule has 3 heterocycles. The number of fused-ring (bicyclic) bond motifs is 1. The number of sulfone groups is 1. The molecule has 3 aromatic rings. The van der Waals surface area contributed by atoms with Crippen LogP contribution in [0.3, 0.4) is 0 Å². The normalized spacial score (nSPS) is 14.9. The Kier molecular flexibility index (Phi) is 4.04. The minimum Gasteiger partial charge on any atom is -0.321 e. The lowest BCUT2D eigenvalue weighted by atomic mass is 10.0. The molecule has 1 aromatic heterocycles. The lowest BCUT2D eigenvalue weighted by Crippen LogP contribution is -2.19. The minimum atomic E-state index is -3.25. The van der Waals surface area contributed by atoms with Gasteiger partial charge in [-0.1, -0.05) is 18.2 Å². The molecule has 6 nitrogen and oxygen atoms in total. The molecule has 5 rings (SSSR count). The largest absolute Gasteiger partial charge is 0.321 e. The van der Waals surface area contributed by atoms with Gasteiger partial charge in [0.15, 0.2) is 9.84 Å². The SMILES string of the molecule is CN1C(=O)c2cccc3c2C1=Cc1cccnc1N3Cc1ccc(S(C)(=O)=O)cc1. The first-order valence-electron chi connectivity index (χ1n) is 9.49. The van der Waals surface area contributed by atoms with Crippen LogP contribution in [0.25, 0.3) is 11.8 Å².